The van der Waals surface area contributed by atoms with Crippen molar-refractivity contribution in [3.05, 3.63) is 35.1 Å². The molecule has 1 aromatic carbocycles. The minimum absolute atomic E-state index is 0.172. The van der Waals surface area contributed by atoms with Gasteiger partial charge in [-0.2, -0.15) is 0 Å². The number of hydrogen-bond acceptors (Lipinski definition) is 0. The predicted octanol–water partition coefficient (Wildman–Crippen LogP) is 7.62. The van der Waals surface area contributed by atoms with Gasteiger partial charge < -0.3 is 0 Å². The molecular formula is C23H33F3. The molecule has 2 aliphatic carbocycles. The second kappa shape index (κ2) is 8.80. The van der Waals surface area contributed by atoms with E-state index < -0.39 is 17.5 Å². The molecule has 26 heavy (non-hydrogen) atoms. The van der Waals surface area contributed by atoms with Crippen LogP contribution in [0.25, 0.3) is 0 Å². The lowest BCUT2D eigenvalue weighted by Crippen LogP contribution is -2.23. The molecule has 0 aromatic heterocycles. The summed E-state index contributed by atoms with van der Waals surface area (Å²) in [5.41, 5.74) is 0.630. The van der Waals surface area contributed by atoms with Crippen LogP contribution in [0.3, 0.4) is 0 Å². The minimum Gasteiger partial charge on any atom is -0.204 e. The maximum absolute atomic E-state index is 13.5. The van der Waals surface area contributed by atoms with Gasteiger partial charge in [0.15, 0.2) is 17.5 Å². The van der Waals surface area contributed by atoms with Gasteiger partial charge in [-0.05, 0) is 92.2 Å². The molecule has 3 rings (SSSR count). The molecule has 2 aliphatic rings. The molecule has 0 aliphatic heterocycles. The zero-order valence-electron chi connectivity index (χ0n) is 16.2. The van der Waals surface area contributed by atoms with Crippen LogP contribution in [0.4, 0.5) is 13.2 Å². The molecule has 0 amide bonds. The lowest BCUT2D eigenvalue weighted by molar-refractivity contribution is 0.172. The van der Waals surface area contributed by atoms with Crippen LogP contribution in [0, 0.1) is 41.1 Å². The van der Waals surface area contributed by atoms with Crippen LogP contribution in [0.2, 0.25) is 0 Å². The predicted molar refractivity (Wildman–Crippen MR) is 101 cm³/mol. The second-order valence-corrected chi connectivity index (χ2v) is 8.92. The molecule has 2 saturated carbocycles. The zero-order chi connectivity index (χ0) is 18.7. The summed E-state index contributed by atoms with van der Waals surface area (Å²) >= 11 is 0. The Balaban J connectivity index is 1.48. The molecule has 0 nitrogen and oxygen atoms in total. The topological polar surface area (TPSA) is 0 Å². The van der Waals surface area contributed by atoms with Crippen LogP contribution in [0.5, 0.6) is 0 Å². The summed E-state index contributed by atoms with van der Waals surface area (Å²) in [5, 5.41) is 0. The van der Waals surface area contributed by atoms with E-state index >= 15 is 0 Å². The van der Waals surface area contributed by atoms with E-state index in [1.54, 1.807) is 0 Å². The second-order valence-electron chi connectivity index (χ2n) is 8.92. The van der Waals surface area contributed by atoms with Crippen molar-refractivity contribution in [1.29, 1.82) is 0 Å². The maximum Gasteiger partial charge on any atom is 0.194 e. The molecule has 1 unspecified atom stereocenters. The van der Waals surface area contributed by atoms with Gasteiger partial charge in [0.1, 0.15) is 0 Å². The lowest BCUT2D eigenvalue weighted by Gasteiger charge is -2.35. The third-order valence-electron chi connectivity index (χ3n) is 7.30. The van der Waals surface area contributed by atoms with E-state index in [1.165, 1.54) is 50.7 Å². The van der Waals surface area contributed by atoms with Gasteiger partial charge in [0.25, 0.3) is 0 Å². The Morgan fingerprint density at radius 1 is 0.846 bits per heavy atom. The smallest absolute Gasteiger partial charge is 0.194 e. The van der Waals surface area contributed by atoms with Crippen molar-refractivity contribution in [3.63, 3.8) is 0 Å². The van der Waals surface area contributed by atoms with Crippen LogP contribution in [-0.4, -0.2) is 0 Å². The van der Waals surface area contributed by atoms with Crippen molar-refractivity contribution in [2.24, 2.45) is 23.7 Å². The molecule has 0 bridgehead atoms. The average Bonchev–Trinajstić information content (AvgIpc) is 2.66. The van der Waals surface area contributed by atoms with E-state index in [0.29, 0.717) is 5.56 Å². The Hall–Kier alpha value is -0.990. The van der Waals surface area contributed by atoms with Crippen LogP contribution in [0.1, 0.15) is 89.5 Å². The first kappa shape index (κ1) is 19.8. The largest absolute Gasteiger partial charge is 0.204 e. The van der Waals surface area contributed by atoms with Gasteiger partial charge in [-0.3, -0.25) is 0 Å². The SMILES string of the molecule is CCC1CCC(C(C)CC2CCC(c3cc(F)c(F)c(F)c3)CC2)CC1. The summed E-state index contributed by atoms with van der Waals surface area (Å²) in [7, 11) is 0. The molecule has 0 heterocycles. The summed E-state index contributed by atoms with van der Waals surface area (Å²) < 4.78 is 40.1. The summed E-state index contributed by atoms with van der Waals surface area (Å²) in [6.45, 7) is 4.74. The van der Waals surface area contributed by atoms with Crippen LogP contribution in [-0.2, 0) is 0 Å². The molecule has 1 aromatic rings. The molecule has 0 N–H and O–H groups in total. The van der Waals surface area contributed by atoms with Crippen molar-refractivity contribution in [3.8, 4) is 0 Å². The summed E-state index contributed by atoms with van der Waals surface area (Å²) in [4.78, 5) is 0. The highest BCUT2D eigenvalue weighted by Gasteiger charge is 2.29. The van der Waals surface area contributed by atoms with Gasteiger partial charge in [0.2, 0.25) is 0 Å². The zero-order valence-corrected chi connectivity index (χ0v) is 16.2. The summed E-state index contributed by atoms with van der Waals surface area (Å²) in [5.74, 6) is 0.0635. The standard InChI is InChI=1S/C23H33F3/c1-3-16-4-8-18(9-5-16)15(2)12-17-6-10-19(11-7-17)20-13-21(24)23(26)22(25)14-20/h13-19H,3-12H2,1-2H3. The molecule has 3 heteroatoms. The molecule has 1 atom stereocenters. The molecule has 0 spiro atoms. The molecule has 0 radical (unpaired) electrons. The lowest BCUT2D eigenvalue weighted by atomic mass is 9.70. The fraction of sp³-hybridized carbons (Fsp3) is 0.739. The van der Waals surface area contributed by atoms with Crippen molar-refractivity contribution < 1.29 is 13.2 Å². The minimum atomic E-state index is -1.35. The van der Waals surface area contributed by atoms with Crippen molar-refractivity contribution in [1.82, 2.24) is 0 Å². The first-order valence-electron chi connectivity index (χ1n) is 10.6. The highest BCUT2D eigenvalue weighted by atomic mass is 19.2. The molecule has 2 fully saturated rings. The quantitative estimate of drug-likeness (QED) is 0.470. The maximum atomic E-state index is 13.5. The number of benzene rings is 1. The first-order valence-corrected chi connectivity index (χ1v) is 10.6. The van der Waals surface area contributed by atoms with Crippen molar-refractivity contribution in [2.75, 3.05) is 0 Å². The highest BCUT2D eigenvalue weighted by molar-refractivity contribution is 5.23. The molecule has 0 saturated heterocycles. The Morgan fingerprint density at radius 3 is 1.92 bits per heavy atom. The monoisotopic (exact) mass is 366 g/mol. The third-order valence-corrected chi connectivity index (χ3v) is 7.30. The Morgan fingerprint density at radius 2 is 1.38 bits per heavy atom. The third kappa shape index (κ3) is 4.64. The van der Waals surface area contributed by atoms with Gasteiger partial charge in [-0.1, -0.05) is 33.1 Å². The number of halogens is 3. The van der Waals surface area contributed by atoms with Gasteiger partial charge in [0, 0.05) is 0 Å². The van der Waals surface area contributed by atoms with E-state index in [1.807, 2.05) is 0 Å². The molecular weight excluding hydrogens is 333 g/mol. The van der Waals surface area contributed by atoms with Gasteiger partial charge in [-0.15, -0.1) is 0 Å². The van der Waals surface area contributed by atoms with Gasteiger partial charge in [0.05, 0.1) is 0 Å². The van der Waals surface area contributed by atoms with E-state index in [0.717, 1.165) is 49.4 Å². The van der Waals surface area contributed by atoms with Crippen molar-refractivity contribution in [2.45, 2.75) is 84.0 Å². The summed E-state index contributed by atoms with van der Waals surface area (Å²) in [6.07, 6.45) is 12.4. The van der Waals surface area contributed by atoms with E-state index in [2.05, 4.69) is 13.8 Å². The van der Waals surface area contributed by atoms with E-state index in [4.69, 9.17) is 0 Å². The normalized spacial score (nSPS) is 31.0. The van der Waals surface area contributed by atoms with Crippen LogP contribution >= 0.6 is 0 Å². The Labute approximate surface area is 156 Å². The highest BCUT2D eigenvalue weighted by Crippen LogP contribution is 2.42. The Kier molecular flexibility index (Phi) is 6.69. The number of rotatable bonds is 5. The fourth-order valence-corrected chi connectivity index (χ4v) is 5.43. The Bertz CT molecular complexity index is 558. The van der Waals surface area contributed by atoms with Crippen LogP contribution < -0.4 is 0 Å². The molecule has 146 valence electrons. The van der Waals surface area contributed by atoms with Crippen LogP contribution in [0.15, 0.2) is 12.1 Å². The van der Waals surface area contributed by atoms with E-state index in [9.17, 15) is 13.2 Å². The summed E-state index contributed by atoms with van der Waals surface area (Å²) in [6, 6.07) is 2.39. The fourth-order valence-electron chi connectivity index (χ4n) is 5.43. The van der Waals surface area contributed by atoms with E-state index in [-0.39, 0.29) is 5.92 Å². The van der Waals surface area contributed by atoms with Crippen molar-refractivity contribution >= 4 is 0 Å². The number of hydrogen-bond donors (Lipinski definition) is 0. The first-order chi connectivity index (χ1) is 12.5. The van der Waals surface area contributed by atoms with Gasteiger partial charge in [-0.25, -0.2) is 13.2 Å². The van der Waals surface area contributed by atoms with Gasteiger partial charge >= 0.3 is 0 Å². The average molecular weight is 367 g/mol.